The lowest BCUT2D eigenvalue weighted by atomic mass is 9.79. The molecule has 1 aliphatic heterocycles. The van der Waals surface area contributed by atoms with Crippen molar-refractivity contribution >= 4 is 81.9 Å². The van der Waals surface area contributed by atoms with Crippen LogP contribution in [0, 0.1) is 0 Å². The fourth-order valence-corrected chi connectivity index (χ4v) is 10.6. The Morgan fingerprint density at radius 3 is 0.863 bits per heavy atom. The van der Waals surface area contributed by atoms with E-state index in [2.05, 4.69) is 148 Å². The molecule has 8 nitrogen and oxygen atoms in total. The molecule has 1 fully saturated rings. The molecule has 80 heavy (non-hydrogen) atoms. The predicted octanol–water partition coefficient (Wildman–Crippen LogP) is 18.0. The first-order valence-corrected chi connectivity index (χ1v) is 28.6. The highest BCUT2D eigenvalue weighted by atomic mass is 79.9. The van der Waals surface area contributed by atoms with Crippen molar-refractivity contribution in [1.82, 2.24) is 29.9 Å². The molecule has 1 aliphatic rings. The number of hydrogen-bond acceptors (Lipinski definition) is 8. The van der Waals surface area contributed by atoms with Gasteiger partial charge in [0, 0.05) is 46.8 Å². The van der Waals surface area contributed by atoms with Crippen molar-refractivity contribution in [2.24, 2.45) is 0 Å². The van der Waals surface area contributed by atoms with Crippen LogP contribution in [-0.2, 0) is 9.31 Å². The quantitative estimate of drug-likeness (QED) is 0.139. The van der Waals surface area contributed by atoms with E-state index in [0.717, 1.165) is 57.8 Å². The van der Waals surface area contributed by atoms with Crippen LogP contribution in [0.15, 0.2) is 256 Å². The molecule has 12 heteroatoms. The van der Waals surface area contributed by atoms with Crippen LogP contribution in [0.2, 0.25) is 0 Å². The van der Waals surface area contributed by atoms with Gasteiger partial charge < -0.3 is 9.31 Å². The summed E-state index contributed by atoms with van der Waals surface area (Å²) < 4.78 is 15.8. The lowest BCUT2D eigenvalue weighted by molar-refractivity contribution is 0.00578. The van der Waals surface area contributed by atoms with Crippen LogP contribution in [-0.4, -0.2) is 48.2 Å². The second kappa shape index (κ2) is 23.9. The van der Waals surface area contributed by atoms with E-state index in [0.29, 0.717) is 34.9 Å². The van der Waals surface area contributed by atoms with E-state index in [1.165, 1.54) is 27.1 Å². The van der Waals surface area contributed by atoms with E-state index < -0.39 is 7.12 Å². The van der Waals surface area contributed by atoms with E-state index in [1.54, 1.807) is 0 Å². The van der Waals surface area contributed by atoms with Gasteiger partial charge in [-0.3, -0.25) is 0 Å². The maximum Gasteiger partial charge on any atom is 0.494 e. The summed E-state index contributed by atoms with van der Waals surface area (Å²) in [5, 5.41) is 4.90. The average Bonchev–Trinajstić information content (AvgIpc) is 3.75. The topological polar surface area (TPSA) is 95.8 Å². The first kappa shape index (κ1) is 54.1. The molecule has 10 aromatic carbocycles. The summed E-state index contributed by atoms with van der Waals surface area (Å²) in [5.74, 6) is 3.91. The third kappa shape index (κ3) is 12.0. The summed E-state index contributed by atoms with van der Waals surface area (Å²) >= 11 is 10.7. The van der Waals surface area contributed by atoms with Gasteiger partial charge in [-0.25, -0.2) is 29.9 Å². The number of aromatic nitrogens is 6. The largest absolute Gasteiger partial charge is 0.494 e. The minimum Gasteiger partial charge on any atom is -0.399 e. The van der Waals surface area contributed by atoms with Crippen LogP contribution < -0.4 is 5.46 Å². The normalized spacial score (nSPS) is 13.3. The summed E-state index contributed by atoms with van der Waals surface area (Å²) in [7, 11) is -0.401. The Morgan fingerprint density at radius 1 is 0.275 bits per heavy atom. The zero-order valence-corrected chi connectivity index (χ0v) is 49.1. The maximum absolute atomic E-state index is 6.19. The molecular formula is C68H52BBr3N6O2. The highest BCUT2D eigenvalue weighted by Crippen LogP contribution is 2.38. The van der Waals surface area contributed by atoms with Crippen molar-refractivity contribution in [3.63, 3.8) is 0 Å². The molecule has 1 saturated heterocycles. The third-order valence-corrected chi connectivity index (χ3v) is 16.3. The van der Waals surface area contributed by atoms with Gasteiger partial charge >= 0.3 is 7.12 Å². The molecule has 3 heterocycles. The Kier molecular flexibility index (Phi) is 16.1. The van der Waals surface area contributed by atoms with Crippen LogP contribution in [0.5, 0.6) is 0 Å². The second-order valence-electron chi connectivity index (χ2n) is 20.1. The first-order chi connectivity index (χ1) is 38.9. The van der Waals surface area contributed by atoms with E-state index >= 15 is 0 Å². The van der Waals surface area contributed by atoms with Gasteiger partial charge in [0.15, 0.2) is 34.9 Å². The molecule has 12 aromatic rings. The van der Waals surface area contributed by atoms with Gasteiger partial charge in [0.05, 0.1) is 11.2 Å². The standard InChI is InChI=1S/C31H20BrN3.C27H26BN3O2.C10H6Br2/c32-28-20-19-25(26-13-7-8-14-27(26)28)21-15-17-24(18-16-21)31-34-29(22-9-3-1-4-10-22)33-30(35-31)23-11-5-2-6-12-23;1-26(2)27(3,4)33-28(32-26)22-17-15-21(16-18-22)25-30-23(19-11-7-5-8-12-19)29-24(31-25)20-13-9-6-10-14-20;11-9-5-6-10(12)8-4-2-1-3-7(8)9/h1-20H;5-18H,1-4H3;1-6H. The fourth-order valence-electron chi connectivity index (χ4n) is 9.18. The molecular weight excluding hydrogens is 1180 g/mol. The van der Waals surface area contributed by atoms with Crippen LogP contribution in [0.25, 0.3) is 101 Å². The number of fused-ring (bicyclic) bond motifs is 2. The maximum atomic E-state index is 6.19. The molecule has 0 unspecified atom stereocenters. The van der Waals surface area contributed by atoms with Gasteiger partial charge in [0.1, 0.15) is 0 Å². The van der Waals surface area contributed by atoms with Crippen LogP contribution >= 0.6 is 47.8 Å². The highest BCUT2D eigenvalue weighted by Gasteiger charge is 2.51. The summed E-state index contributed by atoms with van der Waals surface area (Å²) in [5.41, 5.74) is 8.26. The molecule has 0 aliphatic carbocycles. The summed E-state index contributed by atoms with van der Waals surface area (Å²) in [6.07, 6.45) is 0. The van der Waals surface area contributed by atoms with Crippen molar-refractivity contribution in [2.45, 2.75) is 38.9 Å². The average molecular weight is 1240 g/mol. The summed E-state index contributed by atoms with van der Waals surface area (Å²) in [4.78, 5) is 28.8. The molecule has 13 rings (SSSR count). The summed E-state index contributed by atoms with van der Waals surface area (Å²) in [6, 6.07) is 81.6. The Morgan fingerprint density at radius 2 is 0.525 bits per heavy atom. The van der Waals surface area contributed by atoms with Crippen LogP contribution in [0.4, 0.5) is 0 Å². The van der Waals surface area contributed by atoms with Gasteiger partial charge in [-0.05, 0) is 84.0 Å². The Bertz CT molecular complexity index is 3930. The smallest absolute Gasteiger partial charge is 0.399 e. The molecule has 0 spiro atoms. The van der Waals surface area contributed by atoms with Gasteiger partial charge in [-0.1, -0.05) is 272 Å². The minimum absolute atomic E-state index is 0.375. The van der Waals surface area contributed by atoms with Crippen LogP contribution in [0.1, 0.15) is 27.7 Å². The predicted molar refractivity (Wildman–Crippen MR) is 338 cm³/mol. The second-order valence-corrected chi connectivity index (χ2v) is 22.6. The number of benzene rings is 10. The molecule has 390 valence electrons. The third-order valence-electron chi connectivity index (χ3n) is 14.2. The van der Waals surface area contributed by atoms with Gasteiger partial charge in [0.2, 0.25) is 0 Å². The highest BCUT2D eigenvalue weighted by molar-refractivity contribution is 9.11. The van der Waals surface area contributed by atoms with Crippen molar-refractivity contribution in [1.29, 1.82) is 0 Å². The molecule has 0 N–H and O–H groups in total. The minimum atomic E-state index is -0.401. The first-order valence-electron chi connectivity index (χ1n) is 26.2. The van der Waals surface area contributed by atoms with Crippen molar-refractivity contribution in [3.8, 4) is 79.5 Å². The molecule has 0 saturated carbocycles. The lowest BCUT2D eigenvalue weighted by Gasteiger charge is -2.32. The van der Waals surface area contributed by atoms with E-state index in [9.17, 15) is 0 Å². The number of halogens is 3. The van der Waals surface area contributed by atoms with Crippen LogP contribution in [0.3, 0.4) is 0 Å². The summed E-state index contributed by atoms with van der Waals surface area (Å²) in [6.45, 7) is 8.23. The molecule has 0 amide bonds. The van der Waals surface area contributed by atoms with Crippen molar-refractivity contribution in [3.05, 3.63) is 256 Å². The SMILES string of the molecule is Brc1ccc(-c2ccc(-c3nc(-c4ccccc4)nc(-c4ccccc4)n3)cc2)c2ccccc12.Brc1ccc(Br)c2ccccc12.CC1(C)OB(c2ccc(-c3nc(-c4ccccc4)nc(-c4ccccc4)n3)cc2)OC1(C)C. The van der Waals surface area contributed by atoms with E-state index in [1.807, 2.05) is 170 Å². The Labute approximate surface area is 492 Å². The number of hydrogen-bond donors (Lipinski definition) is 0. The molecule has 0 atom stereocenters. The number of rotatable bonds is 8. The van der Waals surface area contributed by atoms with Crippen molar-refractivity contribution < 1.29 is 9.31 Å². The number of nitrogens with zero attached hydrogens (tertiary/aromatic N) is 6. The molecule has 0 bridgehead atoms. The molecule has 0 radical (unpaired) electrons. The zero-order valence-electron chi connectivity index (χ0n) is 44.3. The zero-order chi connectivity index (χ0) is 55.2. The van der Waals surface area contributed by atoms with E-state index in [4.69, 9.17) is 39.2 Å². The fraction of sp³-hybridized carbons (Fsp3) is 0.0882. The lowest BCUT2D eigenvalue weighted by Crippen LogP contribution is -2.41. The monoisotopic (exact) mass is 1230 g/mol. The Hall–Kier alpha value is -7.84. The van der Waals surface area contributed by atoms with Crippen molar-refractivity contribution in [2.75, 3.05) is 0 Å². The van der Waals surface area contributed by atoms with Gasteiger partial charge in [0.25, 0.3) is 0 Å². The Balaban J connectivity index is 0.000000140. The molecule has 2 aromatic heterocycles. The van der Waals surface area contributed by atoms with Gasteiger partial charge in [-0.2, -0.15) is 0 Å². The van der Waals surface area contributed by atoms with E-state index in [-0.39, 0.29) is 11.2 Å². The van der Waals surface area contributed by atoms with Gasteiger partial charge in [-0.15, -0.1) is 0 Å².